The van der Waals surface area contributed by atoms with Crippen LogP contribution in [-0.4, -0.2) is 53.3 Å². The van der Waals surface area contributed by atoms with Gasteiger partial charge in [-0.25, -0.2) is 13.1 Å². The van der Waals surface area contributed by atoms with Gasteiger partial charge in [0.15, 0.2) is 0 Å². The largest absolute Gasteiger partial charge is 0.379 e. The van der Waals surface area contributed by atoms with Crippen molar-refractivity contribution < 1.29 is 22.7 Å². The lowest BCUT2D eigenvalue weighted by Gasteiger charge is -2.14. The fraction of sp³-hybridized carbons (Fsp3) is 0.533. The van der Waals surface area contributed by atoms with E-state index in [1.165, 1.54) is 12.1 Å². The topological polar surface area (TPSA) is 120 Å². The number of carbonyl (C=O) groups excluding carboxylic acids is 1. The highest BCUT2D eigenvalue weighted by atomic mass is 35.5. The van der Waals surface area contributed by atoms with Gasteiger partial charge in [0, 0.05) is 25.4 Å². The van der Waals surface area contributed by atoms with Crippen LogP contribution in [0.25, 0.3) is 0 Å². The van der Waals surface area contributed by atoms with E-state index in [9.17, 15) is 13.2 Å². The van der Waals surface area contributed by atoms with Gasteiger partial charge in [-0.1, -0.05) is 6.07 Å². The molecule has 0 heterocycles. The zero-order valence-electron chi connectivity index (χ0n) is 14.4. The van der Waals surface area contributed by atoms with Crippen LogP contribution in [0.2, 0.25) is 0 Å². The molecule has 0 aliphatic rings. The Labute approximate surface area is 154 Å². The molecule has 0 bridgehead atoms. The molecule has 0 spiro atoms. The number of ether oxygens (including phenoxy) is 2. The van der Waals surface area contributed by atoms with Crippen molar-refractivity contribution in [3.8, 4) is 0 Å². The van der Waals surface area contributed by atoms with Gasteiger partial charge in [0.2, 0.25) is 10.0 Å². The van der Waals surface area contributed by atoms with Crippen LogP contribution < -0.4 is 15.8 Å². The van der Waals surface area contributed by atoms with Crippen molar-refractivity contribution in [1.82, 2.24) is 4.72 Å². The zero-order chi connectivity index (χ0) is 18.0. The molecule has 0 saturated heterocycles. The maximum atomic E-state index is 12.1. The van der Waals surface area contributed by atoms with E-state index in [1.807, 2.05) is 6.92 Å². The summed E-state index contributed by atoms with van der Waals surface area (Å²) in [5, 5.41) is 2.63. The van der Waals surface area contributed by atoms with Gasteiger partial charge in [-0.2, -0.15) is 0 Å². The summed E-state index contributed by atoms with van der Waals surface area (Å²) in [4.78, 5) is 12.1. The molecule has 1 aromatic carbocycles. The second-order valence-corrected chi connectivity index (χ2v) is 6.68. The Kier molecular flexibility index (Phi) is 11.6. The summed E-state index contributed by atoms with van der Waals surface area (Å²) in [5.41, 5.74) is 5.67. The van der Waals surface area contributed by atoms with Gasteiger partial charge in [0.1, 0.15) is 6.10 Å². The minimum atomic E-state index is -3.65. The van der Waals surface area contributed by atoms with E-state index in [2.05, 4.69) is 10.0 Å². The van der Waals surface area contributed by atoms with Crippen LogP contribution in [0.1, 0.15) is 13.8 Å². The van der Waals surface area contributed by atoms with Crippen molar-refractivity contribution in [2.45, 2.75) is 24.8 Å². The fourth-order valence-corrected chi connectivity index (χ4v) is 2.86. The Morgan fingerprint density at radius 3 is 2.68 bits per heavy atom. The lowest BCUT2D eigenvalue weighted by molar-refractivity contribution is -0.127. The number of halogens is 1. The molecule has 0 saturated carbocycles. The van der Waals surface area contributed by atoms with Crippen LogP contribution in [0.5, 0.6) is 0 Å². The minimum absolute atomic E-state index is 0. The van der Waals surface area contributed by atoms with E-state index >= 15 is 0 Å². The number of amides is 1. The number of hydrogen-bond acceptors (Lipinski definition) is 6. The monoisotopic (exact) mass is 395 g/mol. The van der Waals surface area contributed by atoms with Gasteiger partial charge in [-0.05, 0) is 32.0 Å². The van der Waals surface area contributed by atoms with E-state index in [4.69, 9.17) is 15.2 Å². The summed E-state index contributed by atoms with van der Waals surface area (Å²) in [6.45, 7) is 5.14. The van der Waals surface area contributed by atoms with Gasteiger partial charge < -0.3 is 20.5 Å². The Bertz CT molecular complexity index is 627. The molecular formula is C15H26ClN3O5S. The van der Waals surface area contributed by atoms with E-state index < -0.39 is 16.1 Å². The van der Waals surface area contributed by atoms with E-state index in [0.717, 1.165) is 0 Å². The van der Waals surface area contributed by atoms with Crippen molar-refractivity contribution >= 4 is 34.0 Å². The third kappa shape index (κ3) is 8.61. The molecular weight excluding hydrogens is 370 g/mol. The second kappa shape index (κ2) is 12.2. The minimum Gasteiger partial charge on any atom is -0.379 e. The molecule has 0 aliphatic carbocycles. The molecule has 10 heteroatoms. The molecule has 0 aromatic heterocycles. The van der Waals surface area contributed by atoms with Gasteiger partial charge in [0.25, 0.3) is 5.91 Å². The highest BCUT2D eigenvalue weighted by Crippen LogP contribution is 2.15. The van der Waals surface area contributed by atoms with Crippen LogP contribution >= 0.6 is 12.4 Å². The molecule has 1 atom stereocenters. The molecule has 1 unspecified atom stereocenters. The number of benzene rings is 1. The third-order valence-electron chi connectivity index (χ3n) is 3.02. The summed E-state index contributed by atoms with van der Waals surface area (Å²) >= 11 is 0. The lowest BCUT2D eigenvalue weighted by atomic mass is 10.3. The lowest BCUT2D eigenvalue weighted by Crippen LogP contribution is -2.30. The molecule has 144 valence electrons. The normalized spacial score (nSPS) is 12.3. The van der Waals surface area contributed by atoms with E-state index in [1.54, 1.807) is 19.1 Å². The number of nitrogens with one attached hydrogen (secondary N) is 2. The van der Waals surface area contributed by atoms with E-state index in [-0.39, 0.29) is 36.3 Å². The number of anilines is 1. The Balaban J connectivity index is 0.00000576. The van der Waals surface area contributed by atoms with Crippen molar-refractivity contribution in [1.29, 1.82) is 0 Å². The fourth-order valence-electron chi connectivity index (χ4n) is 1.77. The molecule has 8 nitrogen and oxygen atoms in total. The number of carbonyl (C=O) groups is 1. The van der Waals surface area contributed by atoms with Crippen LogP contribution in [-0.2, 0) is 24.3 Å². The first-order valence-corrected chi connectivity index (χ1v) is 9.19. The van der Waals surface area contributed by atoms with Crippen molar-refractivity contribution in [2.24, 2.45) is 5.73 Å². The Morgan fingerprint density at radius 1 is 1.32 bits per heavy atom. The molecule has 0 aliphatic heterocycles. The predicted molar refractivity (Wildman–Crippen MR) is 98.5 cm³/mol. The average molecular weight is 396 g/mol. The molecule has 0 radical (unpaired) electrons. The summed E-state index contributed by atoms with van der Waals surface area (Å²) in [5.74, 6) is -0.365. The summed E-state index contributed by atoms with van der Waals surface area (Å²) < 4.78 is 36.9. The first-order valence-electron chi connectivity index (χ1n) is 7.70. The molecule has 1 aromatic rings. The highest BCUT2D eigenvalue weighted by Gasteiger charge is 2.16. The second-order valence-electron chi connectivity index (χ2n) is 4.91. The van der Waals surface area contributed by atoms with Crippen LogP contribution in [0.3, 0.4) is 0 Å². The van der Waals surface area contributed by atoms with Crippen molar-refractivity contribution in [3.63, 3.8) is 0 Å². The van der Waals surface area contributed by atoms with Gasteiger partial charge >= 0.3 is 0 Å². The summed E-state index contributed by atoms with van der Waals surface area (Å²) in [6.07, 6.45) is -0.680. The Hall–Kier alpha value is -1.23. The maximum absolute atomic E-state index is 12.1. The van der Waals surface area contributed by atoms with Crippen LogP contribution in [0.15, 0.2) is 29.2 Å². The van der Waals surface area contributed by atoms with Gasteiger partial charge in [0.05, 0.1) is 18.1 Å². The summed E-state index contributed by atoms with van der Waals surface area (Å²) in [6, 6.07) is 5.97. The third-order valence-corrected chi connectivity index (χ3v) is 4.48. The van der Waals surface area contributed by atoms with Crippen molar-refractivity contribution in [3.05, 3.63) is 24.3 Å². The maximum Gasteiger partial charge on any atom is 0.253 e. The first-order chi connectivity index (χ1) is 11.4. The standard InChI is InChI=1S/C15H25N3O5S.ClH/c1-3-22-9-10-23-12(2)15(19)18-13-5-4-6-14(11-13)24(20,21)17-8-7-16;/h4-6,11-12,17H,3,7-10,16H2,1-2H3,(H,18,19);1H. The SMILES string of the molecule is CCOCCOC(C)C(=O)Nc1cccc(S(=O)(=O)NCCN)c1.Cl. The smallest absolute Gasteiger partial charge is 0.253 e. The zero-order valence-corrected chi connectivity index (χ0v) is 16.0. The van der Waals surface area contributed by atoms with Crippen LogP contribution in [0.4, 0.5) is 5.69 Å². The van der Waals surface area contributed by atoms with Crippen molar-refractivity contribution in [2.75, 3.05) is 38.2 Å². The predicted octanol–water partition coefficient (Wildman–Crippen LogP) is 0.726. The summed E-state index contributed by atoms with van der Waals surface area (Å²) in [7, 11) is -3.65. The number of rotatable bonds is 11. The molecule has 4 N–H and O–H groups in total. The molecule has 0 fully saturated rings. The first kappa shape index (κ1) is 23.8. The number of sulfonamides is 1. The molecule has 1 amide bonds. The number of nitrogens with two attached hydrogens (primary N) is 1. The molecule has 25 heavy (non-hydrogen) atoms. The van der Waals surface area contributed by atoms with Gasteiger partial charge in [-0.15, -0.1) is 12.4 Å². The van der Waals surface area contributed by atoms with E-state index in [0.29, 0.717) is 25.5 Å². The quantitative estimate of drug-likeness (QED) is 0.475. The number of hydrogen-bond donors (Lipinski definition) is 3. The molecule has 1 rings (SSSR count). The average Bonchev–Trinajstić information content (AvgIpc) is 2.57. The Morgan fingerprint density at radius 2 is 2.04 bits per heavy atom. The highest BCUT2D eigenvalue weighted by molar-refractivity contribution is 7.89. The van der Waals surface area contributed by atoms with Crippen LogP contribution in [0, 0.1) is 0 Å². The van der Waals surface area contributed by atoms with Gasteiger partial charge in [-0.3, -0.25) is 4.79 Å².